The van der Waals surface area contributed by atoms with Gasteiger partial charge >= 0.3 is 0 Å². The summed E-state index contributed by atoms with van der Waals surface area (Å²) in [5, 5.41) is 7.32. The molecule has 6 nitrogen and oxygen atoms in total. The second-order valence-electron chi connectivity index (χ2n) is 5.13. The average molecular weight is 251 g/mol. The summed E-state index contributed by atoms with van der Waals surface area (Å²) in [7, 11) is 0. The molecule has 2 saturated heterocycles. The number of hydrogen-bond acceptors (Lipinski definition) is 5. The van der Waals surface area contributed by atoms with Gasteiger partial charge in [0.1, 0.15) is 5.69 Å². The summed E-state index contributed by atoms with van der Waals surface area (Å²) in [6, 6.07) is 0. The van der Waals surface area contributed by atoms with Gasteiger partial charge in [0.2, 0.25) is 0 Å². The van der Waals surface area contributed by atoms with Gasteiger partial charge in [-0.15, -0.1) is 0 Å². The van der Waals surface area contributed by atoms with Gasteiger partial charge in [0.05, 0.1) is 5.60 Å². The lowest BCUT2D eigenvalue weighted by atomic mass is 9.88. The van der Waals surface area contributed by atoms with E-state index in [-0.39, 0.29) is 11.5 Å². The highest BCUT2D eigenvalue weighted by Gasteiger charge is 2.40. The first kappa shape index (κ1) is 11.6. The second kappa shape index (κ2) is 4.35. The molecule has 1 aromatic heterocycles. The number of carbonyl (C=O) groups excluding carboxylic acids is 1. The Balaban J connectivity index is 1.66. The van der Waals surface area contributed by atoms with Crippen molar-refractivity contribution in [1.82, 2.24) is 15.2 Å². The van der Waals surface area contributed by atoms with Crippen LogP contribution in [0.3, 0.4) is 0 Å². The molecule has 18 heavy (non-hydrogen) atoms. The van der Waals surface area contributed by atoms with Crippen molar-refractivity contribution >= 4 is 5.91 Å². The quantitative estimate of drug-likeness (QED) is 0.749. The third-order valence-electron chi connectivity index (χ3n) is 4.00. The summed E-state index contributed by atoms with van der Waals surface area (Å²) in [5.74, 6) is -0.0819. The number of piperidine rings is 1. The van der Waals surface area contributed by atoms with Crippen molar-refractivity contribution < 1.29 is 14.2 Å². The van der Waals surface area contributed by atoms with Crippen LogP contribution >= 0.6 is 0 Å². The van der Waals surface area contributed by atoms with Gasteiger partial charge in [-0.1, -0.05) is 5.16 Å². The van der Waals surface area contributed by atoms with Crippen LogP contribution in [-0.2, 0) is 4.74 Å². The lowest BCUT2D eigenvalue weighted by Crippen LogP contribution is -2.46. The Morgan fingerprint density at radius 2 is 2.06 bits per heavy atom. The topological polar surface area (TPSA) is 68.5 Å². The van der Waals surface area contributed by atoms with Crippen molar-refractivity contribution in [3.05, 3.63) is 11.4 Å². The van der Waals surface area contributed by atoms with E-state index in [1.54, 1.807) is 6.92 Å². The molecular formula is C12H17N3O3. The molecule has 1 amide bonds. The van der Waals surface area contributed by atoms with Crippen LogP contribution in [0.5, 0.6) is 0 Å². The molecular weight excluding hydrogens is 234 g/mol. The Labute approximate surface area is 105 Å². The largest absolute Gasteiger partial charge is 0.375 e. The maximum absolute atomic E-state index is 12.2. The number of aryl methyl sites for hydroxylation is 1. The summed E-state index contributed by atoms with van der Waals surface area (Å²) in [5.41, 5.74) is 0.921. The molecule has 3 heterocycles. The van der Waals surface area contributed by atoms with Crippen molar-refractivity contribution in [2.75, 3.05) is 19.7 Å². The monoisotopic (exact) mass is 251 g/mol. The molecule has 0 saturated carbocycles. The maximum Gasteiger partial charge on any atom is 0.278 e. The van der Waals surface area contributed by atoms with Gasteiger partial charge in [0.25, 0.3) is 5.91 Å². The highest BCUT2D eigenvalue weighted by Crippen LogP contribution is 2.35. The minimum atomic E-state index is -0.0819. The molecule has 0 bridgehead atoms. The van der Waals surface area contributed by atoms with E-state index in [9.17, 15) is 4.79 Å². The van der Waals surface area contributed by atoms with E-state index in [0.717, 1.165) is 45.4 Å². The molecule has 0 atom stereocenters. The van der Waals surface area contributed by atoms with E-state index in [1.165, 1.54) is 0 Å². The molecule has 0 radical (unpaired) electrons. The van der Waals surface area contributed by atoms with Crippen molar-refractivity contribution in [2.24, 2.45) is 0 Å². The third kappa shape index (κ3) is 1.90. The molecule has 0 aromatic carbocycles. The van der Waals surface area contributed by atoms with Crippen LogP contribution in [-0.4, -0.2) is 46.4 Å². The van der Waals surface area contributed by atoms with E-state index < -0.39 is 0 Å². The van der Waals surface area contributed by atoms with E-state index in [4.69, 9.17) is 4.74 Å². The van der Waals surface area contributed by atoms with Gasteiger partial charge in [-0.3, -0.25) is 4.79 Å². The minimum Gasteiger partial charge on any atom is -0.375 e. The molecule has 1 spiro atoms. The van der Waals surface area contributed by atoms with Crippen LogP contribution in [0.1, 0.15) is 41.9 Å². The second-order valence-corrected chi connectivity index (χ2v) is 5.13. The first-order chi connectivity index (χ1) is 8.70. The minimum absolute atomic E-state index is 0.0356. The third-order valence-corrected chi connectivity index (χ3v) is 4.00. The first-order valence-electron chi connectivity index (χ1n) is 6.43. The molecule has 98 valence electrons. The van der Waals surface area contributed by atoms with Gasteiger partial charge in [-0.05, 0) is 37.8 Å². The molecule has 6 heteroatoms. The molecule has 0 N–H and O–H groups in total. The number of amides is 1. The summed E-state index contributed by atoms with van der Waals surface area (Å²) in [4.78, 5) is 14.0. The predicted molar refractivity (Wildman–Crippen MR) is 62.1 cm³/mol. The van der Waals surface area contributed by atoms with Crippen LogP contribution in [0.2, 0.25) is 0 Å². The molecule has 0 aliphatic carbocycles. The number of ether oxygens (including phenoxy) is 1. The summed E-state index contributed by atoms with van der Waals surface area (Å²) in [6.45, 7) is 4.05. The van der Waals surface area contributed by atoms with Crippen molar-refractivity contribution in [3.63, 3.8) is 0 Å². The van der Waals surface area contributed by atoms with E-state index in [0.29, 0.717) is 11.4 Å². The van der Waals surface area contributed by atoms with Gasteiger partial charge in [0.15, 0.2) is 5.69 Å². The normalized spacial score (nSPS) is 22.6. The zero-order valence-corrected chi connectivity index (χ0v) is 10.5. The Bertz CT molecular complexity index is 441. The fourth-order valence-corrected chi connectivity index (χ4v) is 2.84. The molecule has 3 rings (SSSR count). The standard InChI is InChI=1S/C12H17N3O3/c1-9-10(14-18-13-9)11(16)15-6-4-12(5-7-15)3-2-8-17-12/h2-8H2,1H3. The van der Waals surface area contributed by atoms with E-state index in [2.05, 4.69) is 14.9 Å². The Morgan fingerprint density at radius 3 is 2.61 bits per heavy atom. The van der Waals surface area contributed by atoms with Gasteiger partial charge < -0.3 is 9.64 Å². The zero-order chi connectivity index (χ0) is 12.6. The van der Waals surface area contributed by atoms with Crippen LogP contribution < -0.4 is 0 Å². The summed E-state index contributed by atoms with van der Waals surface area (Å²) < 4.78 is 10.4. The number of rotatable bonds is 1. The molecule has 0 unspecified atom stereocenters. The lowest BCUT2D eigenvalue weighted by molar-refractivity contribution is -0.0388. The van der Waals surface area contributed by atoms with E-state index in [1.807, 2.05) is 4.90 Å². The molecule has 1 aromatic rings. The van der Waals surface area contributed by atoms with Crippen molar-refractivity contribution in [3.8, 4) is 0 Å². The SMILES string of the molecule is Cc1nonc1C(=O)N1CCC2(CCCO2)CC1. The van der Waals surface area contributed by atoms with Crippen LogP contribution in [0.4, 0.5) is 0 Å². The average Bonchev–Trinajstić information content (AvgIpc) is 2.99. The Kier molecular flexibility index (Phi) is 2.81. The number of carbonyl (C=O) groups is 1. The van der Waals surface area contributed by atoms with Crippen LogP contribution in [0, 0.1) is 6.92 Å². The van der Waals surface area contributed by atoms with Crippen LogP contribution in [0.25, 0.3) is 0 Å². The summed E-state index contributed by atoms with van der Waals surface area (Å²) in [6.07, 6.45) is 4.10. The summed E-state index contributed by atoms with van der Waals surface area (Å²) >= 11 is 0. The number of likely N-dealkylation sites (tertiary alicyclic amines) is 1. The first-order valence-corrected chi connectivity index (χ1v) is 6.43. The lowest BCUT2D eigenvalue weighted by Gasteiger charge is -2.38. The molecule has 2 aliphatic rings. The molecule has 2 fully saturated rings. The Morgan fingerprint density at radius 1 is 1.28 bits per heavy atom. The number of hydrogen-bond donors (Lipinski definition) is 0. The smallest absolute Gasteiger partial charge is 0.278 e. The van der Waals surface area contributed by atoms with E-state index >= 15 is 0 Å². The van der Waals surface area contributed by atoms with Gasteiger partial charge in [-0.25, -0.2) is 4.63 Å². The fraction of sp³-hybridized carbons (Fsp3) is 0.750. The molecule has 2 aliphatic heterocycles. The highest BCUT2D eigenvalue weighted by atomic mass is 16.6. The van der Waals surface area contributed by atoms with Crippen molar-refractivity contribution in [2.45, 2.75) is 38.2 Å². The van der Waals surface area contributed by atoms with Gasteiger partial charge in [0, 0.05) is 19.7 Å². The predicted octanol–water partition coefficient (Wildman–Crippen LogP) is 1.16. The highest BCUT2D eigenvalue weighted by molar-refractivity contribution is 5.93. The zero-order valence-electron chi connectivity index (χ0n) is 10.5. The maximum atomic E-state index is 12.2. The Hall–Kier alpha value is -1.43. The van der Waals surface area contributed by atoms with Crippen LogP contribution in [0.15, 0.2) is 4.63 Å². The number of nitrogens with zero attached hydrogens (tertiary/aromatic N) is 3. The fourth-order valence-electron chi connectivity index (χ4n) is 2.84. The van der Waals surface area contributed by atoms with Crippen molar-refractivity contribution in [1.29, 1.82) is 0 Å². The number of aromatic nitrogens is 2. The van der Waals surface area contributed by atoms with Gasteiger partial charge in [-0.2, -0.15) is 0 Å².